The van der Waals surface area contributed by atoms with Crippen molar-refractivity contribution in [2.75, 3.05) is 0 Å². The minimum Gasteiger partial charge on any atom is -0.151 e. The van der Waals surface area contributed by atoms with Gasteiger partial charge in [0.05, 0.1) is 0 Å². The first-order chi connectivity index (χ1) is 11.9. The monoisotopic (exact) mass is 378 g/mol. The highest BCUT2D eigenvalue weighted by Gasteiger charge is 2.48. The van der Waals surface area contributed by atoms with Crippen LogP contribution in [-0.4, -0.2) is 8.07 Å². The average molecular weight is 379 g/mol. The van der Waals surface area contributed by atoms with E-state index in [0.717, 1.165) is 0 Å². The lowest BCUT2D eigenvalue weighted by Gasteiger charge is -2.35. The largest absolute Gasteiger partial charge is 0.204 e. The van der Waals surface area contributed by atoms with Crippen LogP contribution in [0, 0.1) is 0 Å². The van der Waals surface area contributed by atoms with Crippen LogP contribution in [-0.2, 0) is 0 Å². The Morgan fingerprint density at radius 1 is 0.542 bits per heavy atom. The Balaban J connectivity index is 1.95. The van der Waals surface area contributed by atoms with Crippen molar-refractivity contribution in [3.63, 3.8) is 0 Å². The van der Waals surface area contributed by atoms with Gasteiger partial charge >= 0.3 is 0 Å². The molecule has 0 atom stereocenters. The molecule has 0 N–H and O–H groups in total. The number of rotatable bonds is 2. The maximum atomic E-state index is 2.34. The van der Waals surface area contributed by atoms with E-state index in [1.165, 1.54) is 20.2 Å². The third kappa shape index (κ3) is 1.97. The molecule has 0 unspecified atom stereocenters. The molecular formula is C20H14S3Si. The first-order valence-corrected chi connectivity index (χ1v) is 12.4. The third-order valence-electron chi connectivity index (χ3n) is 4.57. The van der Waals surface area contributed by atoms with Crippen LogP contribution in [0.5, 0.6) is 0 Å². The SMILES string of the molecule is c1ccc([Si]2(c3ccccc3)c3sccc3Sc3ccsc32)cc1. The number of hydrogen-bond donors (Lipinski definition) is 0. The van der Waals surface area contributed by atoms with Crippen LogP contribution >= 0.6 is 34.4 Å². The summed E-state index contributed by atoms with van der Waals surface area (Å²) in [6.07, 6.45) is 0. The molecule has 0 nitrogen and oxygen atoms in total. The van der Waals surface area contributed by atoms with E-state index in [9.17, 15) is 0 Å². The van der Waals surface area contributed by atoms with Gasteiger partial charge < -0.3 is 0 Å². The molecule has 3 heterocycles. The van der Waals surface area contributed by atoms with Crippen molar-refractivity contribution in [2.24, 2.45) is 0 Å². The molecule has 0 saturated heterocycles. The summed E-state index contributed by atoms with van der Waals surface area (Å²) in [5, 5.41) is 7.51. The van der Waals surface area contributed by atoms with Gasteiger partial charge in [-0.25, -0.2) is 0 Å². The molecule has 0 aliphatic carbocycles. The highest BCUT2D eigenvalue weighted by atomic mass is 32.2. The van der Waals surface area contributed by atoms with Crippen LogP contribution in [0.1, 0.15) is 0 Å². The standard InChI is InChI=1S/C20H14S3Si/c1-3-7-15(8-4-1)24(16-9-5-2-6-10-16)19-17(11-13-21-19)23-18-12-14-22-20(18)24/h1-14H. The van der Waals surface area contributed by atoms with Gasteiger partial charge in [0.2, 0.25) is 8.07 Å². The lowest BCUT2D eigenvalue weighted by atomic mass is 10.4. The van der Waals surface area contributed by atoms with Crippen molar-refractivity contribution in [1.29, 1.82) is 0 Å². The Bertz CT molecular complexity index is 904. The summed E-state index contributed by atoms with van der Waals surface area (Å²) in [5.41, 5.74) is 0. The van der Waals surface area contributed by atoms with Gasteiger partial charge in [-0.3, -0.25) is 0 Å². The Morgan fingerprint density at radius 3 is 1.46 bits per heavy atom. The summed E-state index contributed by atoms with van der Waals surface area (Å²) >= 11 is 5.82. The summed E-state index contributed by atoms with van der Waals surface area (Å²) in [6, 6.07) is 27.0. The highest BCUT2D eigenvalue weighted by Crippen LogP contribution is 2.36. The number of benzene rings is 2. The fourth-order valence-electron chi connectivity index (χ4n) is 3.59. The molecule has 1 aliphatic heterocycles. The molecular weight excluding hydrogens is 365 g/mol. The zero-order valence-corrected chi connectivity index (χ0v) is 16.3. The van der Waals surface area contributed by atoms with Crippen molar-refractivity contribution in [3.8, 4) is 0 Å². The van der Waals surface area contributed by atoms with Crippen molar-refractivity contribution in [1.82, 2.24) is 0 Å². The quantitative estimate of drug-likeness (QED) is 0.423. The smallest absolute Gasteiger partial charge is 0.151 e. The zero-order valence-electron chi connectivity index (χ0n) is 12.8. The third-order valence-corrected chi connectivity index (χ3v) is 14.6. The Morgan fingerprint density at radius 2 is 1.00 bits per heavy atom. The van der Waals surface area contributed by atoms with Crippen molar-refractivity contribution in [2.45, 2.75) is 9.79 Å². The second-order valence-electron chi connectivity index (χ2n) is 5.81. The van der Waals surface area contributed by atoms with E-state index in [2.05, 4.69) is 83.6 Å². The van der Waals surface area contributed by atoms with Crippen LogP contribution in [0.3, 0.4) is 0 Å². The van der Waals surface area contributed by atoms with E-state index in [4.69, 9.17) is 0 Å². The summed E-state index contributed by atoms with van der Waals surface area (Å²) < 4.78 is 3.17. The van der Waals surface area contributed by atoms with Crippen LogP contribution in [0.15, 0.2) is 93.3 Å². The molecule has 0 bridgehead atoms. The molecule has 0 amide bonds. The molecule has 0 spiro atoms. The lowest BCUT2D eigenvalue weighted by molar-refractivity contribution is 1.52. The van der Waals surface area contributed by atoms with Gasteiger partial charge in [0.25, 0.3) is 0 Å². The van der Waals surface area contributed by atoms with Crippen LogP contribution in [0.2, 0.25) is 0 Å². The molecule has 0 radical (unpaired) electrons. The normalized spacial score (nSPS) is 14.8. The van der Waals surface area contributed by atoms with Crippen LogP contribution in [0.4, 0.5) is 0 Å². The molecule has 0 saturated carbocycles. The van der Waals surface area contributed by atoms with Crippen molar-refractivity contribution >= 4 is 61.9 Å². The Hall–Kier alpha value is -1.59. The van der Waals surface area contributed by atoms with Crippen LogP contribution in [0.25, 0.3) is 0 Å². The first kappa shape index (κ1) is 14.7. The van der Waals surface area contributed by atoms with E-state index in [1.807, 2.05) is 34.4 Å². The predicted octanol–water partition coefficient (Wildman–Crippen LogP) is 3.65. The summed E-state index contributed by atoms with van der Waals surface area (Å²) in [5.74, 6) is 0. The minimum atomic E-state index is -2.16. The molecule has 0 fully saturated rings. The van der Waals surface area contributed by atoms with Gasteiger partial charge in [-0.2, -0.15) is 22.7 Å². The summed E-state index contributed by atoms with van der Waals surface area (Å²) in [6.45, 7) is 0. The van der Waals surface area contributed by atoms with Crippen molar-refractivity contribution in [3.05, 3.63) is 83.6 Å². The first-order valence-electron chi connectivity index (χ1n) is 7.85. The zero-order chi connectivity index (χ0) is 16.0. The lowest BCUT2D eigenvalue weighted by Crippen LogP contribution is -2.75. The fraction of sp³-hybridized carbons (Fsp3) is 0. The van der Waals surface area contributed by atoms with Gasteiger partial charge in [0.1, 0.15) is 0 Å². The van der Waals surface area contributed by atoms with Crippen LogP contribution < -0.4 is 19.4 Å². The molecule has 4 aromatic rings. The number of fused-ring (bicyclic) bond motifs is 2. The molecule has 1 aliphatic rings. The van der Waals surface area contributed by atoms with E-state index in [0.29, 0.717) is 0 Å². The molecule has 4 heteroatoms. The fourth-order valence-corrected chi connectivity index (χ4v) is 15.2. The molecule has 24 heavy (non-hydrogen) atoms. The predicted molar refractivity (Wildman–Crippen MR) is 110 cm³/mol. The van der Waals surface area contributed by atoms with E-state index in [1.54, 1.807) is 9.00 Å². The van der Waals surface area contributed by atoms with Gasteiger partial charge in [0, 0.05) is 18.8 Å². The molecule has 116 valence electrons. The maximum absolute atomic E-state index is 2.34. The summed E-state index contributed by atoms with van der Waals surface area (Å²) in [7, 11) is -2.16. The van der Waals surface area contributed by atoms with E-state index < -0.39 is 8.07 Å². The van der Waals surface area contributed by atoms with Crippen molar-refractivity contribution < 1.29 is 0 Å². The van der Waals surface area contributed by atoms with Gasteiger partial charge in [0.15, 0.2) is 0 Å². The Kier molecular flexibility index (Phi) is 3.52. The number of hydrogen-bond acceptors (Lipinski definition) is 3. The average Bonchev–Trinajstić information content (AvgIpc) is 3.30. The van der Waals surface area contributed by atoms with E-state index >= 15 is 0 Å². The Labute approximate surface area is 154 Å². The highest BCUT2D eigenvalue weighted by molar-refractivity contribution is 8.00. The van der Waals surface area contributed by atoms with Gasteiger partial charge in [-0.05, 0) is 33.3 Å². The second-order valence-corrected chi connectivity index (χ2v) is 13.1. The molecule has 5 rings (SSSR count). The van der Waals surface area contributed by atoms with Gasteiger partial charge in [-0.15, -0.1) is 0 Å². The van der Waals surface area contributed by atoms with E-state index in [-0.39, 0.29) is 0 Å². The topological polar surface area (TPSA) is 0 Å². The maximum Gasteiger partial charge on any atom is 0.204 e. The number of thiophene rings is 2. The molecule has 2 aromatic heterocycles. The molecule has 2 aromatic carbocycles. The second kappa shape index (κ2) is 5.74. The summed E-state index contributed by atoms with van der Waals surface area (Å²) in [4.78, 5) is 2.90. The van der Waals surface area contributed by atoms with Gasteiger partial charge in [-0.1, -0.05) is 72.4 Å². The minimum absolute atomic E-state index is 1.45.